The molecule has 0 radical (unpaired) electrons. The zero-order valence-electron chi connectivity index (χ0n) is 10.00. The molecule has 18 heavy (non-hydrogen) atoms. The van der Waals surface area contributed by atoms with Gasteiger partial charge in [-0.15, -0.1) is 11.8 Å². The summed E-state index contributed by atoms with van der Waals surface area (Å²) in [6.45, 7) is 0. The predicted octanol–water partition coefficient (Wildman–Crippen LogP) is 3.99. The van der Waals surface area contributed by atoms with Crippen LogP contribution in [0.15, 0.2) is 47.4 Å². The molecule has 0 aliphatic heterocycles. The summed E-state index contributed by atoms with van der Waals surface area (Å²) >= 11 is 1.71. The summed E-state index contributed by atoms with van der Waals surface area (Å²) in [5.74, 6) is 0.125. The first-order valence-electron chi connectivity index (χ1n) is 5.52. The zero-order chi connectivity index (χ0) is 13.0. The molecule has 0 aliphatic carbocycles. The van der Waals surface area contributed by atoms with Crippen molar-refractivity contribution in [3.8, 4) is 11.5 Å². The number of rotatable bonds is 3. The van der Waals surface area contributed by atoms with E-state index in [9.17, 15) is 10.2 Å². The van der Waals surface area contributed by atoms with Crippen LogP contribution < -0.4 is 0 Å². The van der Waals surface area contributed by atoms with Crippen LogP contribution in [0, 0.1) is 0 Å². The normalized spacial score (nSPS) is 10.9. The second-order valence-corrected chi connectivity index (χ2v) is 4.77. The maximum atomic E-state index is 9.36. The van der Waals surface area contributed by atoms with E-state index in [1.54, 1.807) is 23.9 Å². The van der Waals surface area contributed by atoms with Crippen LogP contribution in [0.1, 0.15) is 11.1 Å². The molecular formula is C15H14O2S. The average Bonchev–Trinajstić information content (AvgIpc) is 2.36. The van der Waals surface area contributed by atoms with E-state index in [1.165, 1.54) is 11.0 Å². The molecule has 0 aromatic heterocycles. The Morgan fingerprint density at radius 3 is 1.94 bits per heavy atom. The molecule has 0 bridgehead atoms. The van der Waals surface area contributed by atoms with Crippen molar-refractivity contribution in [2.75, 3.05) is 6.26 Å². The molecule has 0 saturated carbocycles. The van der Waals surface area contributed by atoms with Gasteiger partial charge in [0, 0.05) is 11.0 Å². The molecule has 92 valence electrons. The summed E-state index contributed by atoms with van der Waals surface area (Å²) in [5.41, 5.74) is 1.84. The molecule has 0 spiro atoms. The predicted molar refractivity (Wildman–Crippen MR) is 76.9 cm³/mol. The summed E-state index contributed by atoms with van der Waals surface area (Å²) in [6, 6.07) is 12.7. The van der Waals surface area contributed by atoms with Crippen LogP contribution in [0.4, 0.5) is 0 Å². The second-order valence-electron chi connectivity index (χ2n) is 3.89. The van der Waals surface area contributed by atoms with Gasteiger partial charge in [-0.2, -0.15) is 0 Å². The van der Waals surface area contributed by atoms with Crippen LogP contribution >= 0.6 is 11.8 Å². The molecule has 0 fully saturated rings. The van der Waals surface area contributed by atoms with Crippen molar-refractivity contribution in [3.05, 3.63) is 53.6 Å². The van der Waals surface area contributed by atoms with Gasteiger partial charge in [-0.3, -0.25) is 0 Å². The number of phenols is 2. The Morgan fingerprint density at radius 2 is 1.39 bits per heavy atom. The number of thioether (sulfide) groups is 1. The molecule has 0 amide bonds. The second kappa shape index (κ2) is 5.65. The maximum absolute atomic E-state index is 9.36. The van der Waals surface area contributed by atoms with Crippen molar-refractivity contribution in [1.82, 2.24) is 0 Å². The Labute approximate surface area is 111 Å². The highest BCUT2D eigenvalue weighted by atomic mass is 32.2. The lowest BCUT2D eigenvalue weighted by Gasteiger charge is -1.99. The Bertz CT molecular complexity index is 539. The molecule has 0 saturated heterocycles. The van der Waals surface area contributed by atoms with Crippen LogP contribution in [0.5, 0.6) is 11.5 Å². The number of hydrogen-bond acceptors (Lipinski definition) is 3. The largest absolute Gasteiger partial charge is 0.508 e. The van der Waals surface area contributed by atoms with Gasteiger partial charge in [0.05, 0.1) is 0 Å². The van der Waals surface area contributed by atoms with Crippen molar-refractivity contribution >= 4 is 23.9 Å². The van der Waals surface area contributed by atoms with Gasteiger partial charge in [0.25, 0.3) is 0 Å². The molecule has 2 aromatic rings. The van der Waals surface area contributed by atoms with Crippen LogP contribution in [0.25, 0.3) is 12.2 Å². The summed E-state index contributed by atoms with van der Waals surface area (Å²) in [6.07, 6.45) is 5.84. The summed E-state index contributed by atoms with van der Waals surface area (Å²) in [5, 5.41) is 18.7. The first kappa shape index (κ1) is 12.6. The topological polar surface area (TPSA) is 40.5 Å². The number of hydrogen-bond donors (Lipinski definition) is 2. The standard InChI is InChI=1S/C15H14O2S/c1-18-15-6-4-11(5-7-15)2-3-12-8-13(16)10-14(17)9-12/h2-10,16-17H,1H3. The molecule has 0 heterocycles. The Balaban J connectivity index is 2.18. The lowest BCUT2D eigenvalue weighted by Crippen LogP contribution is -1.75. The fourth-order valence-corrected chi connectivity index (χ4v) is 2.03. The van der Waals surface area contributed by atoms with Gasteiger partial charge in [-0.25, -0.2) is 0 Å². The molecule has 2 N–H and O–H groups in total. The fourth-order valence-electron chi connectivity index (χ4n) is 1.62. The van der Waals surface area contributed by atoms with Gasteiger partial charge in [0.2, 0.25) is 0 Å². The highest BCUT2D eigenvalue weighted by molar-refractivity contribution is 7.98. The highest BCUT2D eigenvalue weighted by Gasteiger charge is 1.96. The van der Waals surface area contributed by atoms with E-state index in [4.69, 9.17) is 0 Å². The van der Waals surface area contributed by atoms with Crippen molar-refractivity contribution < 1.29 is 10.2 Å². The van der Waals surface area contributed by atoms with Gasteiger partial charge < -0.3 is 10.2 Å². The lowest BCUT2D eigenvalue weighted by molar-refractivity contribution is 0.450. The van der Waals surface area contributed by atoms with Gasteiger partial charge in [0.15, 0.2) is 0 Å². The van der Waals surface area contributed by atoms with E-state index in [-0.39, 0.29) is 11.5 Å². The SMILES string of the molecule is CSc1ccc(C=Cc2cc(O)cc(O)c2)cc1. The van der Waals surface area contributed by atoms with E-state index in [0.29, 0.717) is 0 Å². The molecule has 0 aliphatic rings. The van der Waals surface area contributed by atoms with E-state index in [2.05, 4.69) is 12.1 Å². The van der Waals surface area contributed by atoms with E-state index < -0.39 is 0 Å². The van der Waals surface area contributed by atoms with E-state index >= 15 is 0 Å². The van der Waals surface area contributed by atoms with Gasteiger partial charge in [0.1, 0.15) is 11.5 Å². The quantitative estimate of drug-likeness (QED) is 0.646. The summed E-state index contributed by atoms with van der Waals surface area (Å²) in [4.78, 5) is 1.22. The fraction of sp³-hybridized carbons (Fsp3) is 0.0667. The number of benzene rings is 2. The minimum absolute atomic E-state index is 0.0624. The number of phenolic OH excluding ortho intramolecular Hbond substituents is 2. The van der Waals surface area contributed by atoms with Crippen molar-refractivity contribution in [3.63, 3.8) is 0 Å². The smallest absolute Gasteiger partial charge is 0.119 e. The third-order valence-electron chi connectivity index (χ3n) is 2.51. The van der Waals surface area contributed by atoms with Crippen molar-refractivity contribution in [1.29, 1.82) is 0 Å². The Hall–Kier alpha value is -1.87. The minimum atomic E-state index is 0.0624. The van der Waals surface area contributed by atoms with Gasteiger partial charge in [-0.1, -0.05) is 24.3 Å². The third-order valence-corrected chi connectivity index (χ3v) is 3.25. The first-order valence-corrected chi connectivity index (χ1v) is 6.75. The lowest BCUT2D eigenvalue weighted by atomic mass is 10.1. The average molecular weight is 258 g/mol. The van der Waals surface area contributed by atoms with Gasteiger partial charge in [-0.05, 0) is 41.6 Å². The van der Waals surface area contributed by atoms with Crippen LogP contribution in [0.3, 0.4) is 0 Å². The van der Waals surface area contributed by atoms with Gasteiger partial charge >= 0.3 is 0 Å². The van der Waals surface area contributed by atoms with E-state index in [0.717, 1.165) is 11.1 Å². The van der Waals surface area contributed by atoms with Crippen LogP contribution in [0.2, 0.25) is 0 Å². The zero-order valence-corrected chi connectivity index (χ0v) is 10.8. The molecular weight excluding hydrogens is 244 g/mol. The minimum Gasteiger partial charge on any atom is -0.508 e. The Morgan fingerprint density at radius 1 is 0.833 bits per heavy atom. The highest BCUT2D eigenvalue weighted by Crippen LogP contribution is 2.22. The Kier molecular flexibility index (Phi) is 3.95. The number of aromatic hydroxyl groups is 2. The molecule has 3 heteroatoms. The van der Waals surface area contributed by atoms with Crippen LogP contribution in [-0.4, -0.2) is 16.5 Å². The molecule has 0 atom stereocenters. The van der Waals surface area contributed by atoms with Crippen LogP contribution in [-0.2, 0) is 0 Å². The molecule has 2 aromatic carbocycles. The first-order chi connectivity index (χ1) is 8.67. The molecule has 0 unspecified atom stereocenters. The maximum Gasteiger partial charge on any atom is 0.119 e. The summed E-state index contributed by atoms with van der Waals surface area (Å²) in [7, 11) is 0. The molecule has 2 nitrogen and oxygen atoms in total. The van der Waals surface area contributed by atoms with E-state index in [1.807, 2.05) is 30.5 Å². The third kappa shape index (κ3) is 3.31. The molecule has 2 rings (SSSR count). The monoisotopic (exact) mass is 258 g/mol. The van der Waals surface area contributed by atoms with Crippen molar-refractivity contribution in [2.45, 2.75) is 4.90 Å². The van der Waals surface area contributed by atoms with Crippen molar-refractivity contribution in [2.24, 2.45) is 0 Å². The summed E-state index contributed by atoms with van der Waals surface area (Å²) < 4.78 is 0.